The number of benzene rings is 3. The van der Waals surface area contributed by atoms with Crippen LogP contribution >= 0.6 is 0 Å². The van der Waals surface area contributed by atoms with Crippen molar-refractivity contribution in [3.05, 3.63) is 83.9 Å². The quantitative estimate of drug-likeness (QED) is 0.514. The minimum atomic E-state index is -0.616. The van der Waals surface area contributed by atoms with E-state index in [1.54, 1.807) is 6.92 Å². The Kier molecular flexibility index (Phi) is 6.55. The second kappa shape index (κ2) is 9.28. The van der Waals surface area contributed by atoms with Crippen molar-refractivity contribution in [3.63, 3.8) is 0 Å². The summed E-state index contributed by atoms with van der Waals surface area (Å²) >= 11 is 0. The number of carbonyl (C=O) groups excluding carboxylic acids is 1. The molecule has 0 spiro atoms. The van der Waals surface area contributed by atoms with Crippen LogP contribution in [0.4, 0.5) is 5.69 Å². The molecule has 0 saturated carbocycles. The van der Waals surface area contributed by atoms with E-state index in [0.29, 0.717) is 17.4 Å². The van der Waals surface area contributed by atoms with Gasteiger partial charge < -0.3 is 14.8 Å². The topological polar surface area (TPSA) is 47.6 Å². The summed E-state index contributed by atoms with van der Waals surface area (Å²) in [6.45, 7) is 8.00. The van der Waals surface area contributed by atoms with E-state index >= 15 is 0 Å². The van der Waals surface area contributed by atoms with Gasteiger partial charge in [0.05, 0.1) is 0 Å². The van der Waals surface area contributed by atoms with Gasteiger partial charge in [-0.25, -0.2) is 0 Å². The molecular formula is C25H27NO3. The summed E-state index contributed by atoms with van der Waals surface area (Å²) in [7, 11) is 0. The molecule has 4 nitrogen and oxygen atoms in total. The maximum absolute atomic E-state index is 12.6. The Hall–Kier alpha value is -3.27. The zero-order valence-corrected chi connectivity index (χ0v) is 17.3. The SMILES string of the molecule is Cc1ccc(C(C)C)c(O[C@H](C)C(=O)Nc2ccc(Oc3ccccc3)cc2)c1. The van der Waals surface area contributed by atoms with Crippen LogP contribution in [0, 0.1) is 6.92 Å². The fourth-order valence-electron chi connectivity index (χ4n) is 2.94. The summed E-state index contributed by atoms with van der Waals surface area (Å²) in [6.07, 6.45) is -0.616. The van der Waals surface area contributed by atoms with Crippen LogP contribution in [0.5, 0.6) is 17.2 Å². The smallest absolute Gasteiger partial charge is 0.265 e. The van der Waals surface area contributed by atoms with Crippen LogP contribution in [0.1, 0.15) is 37.8 Å². The summed E-state index contributed by atoms with van der Waals surface area (Å²) in [5.41, 5.74) is 2.89. The standard InChI is InChI=1S/C25H27NO3/c1-17(2)23-15-10-18(3)16-24(23)28-19(4)25(27)26-20-11-13-22(14-12-20)29-21-8-6-5-7-9-21/h5-17,19H,1-4H3,(H,26,27)/t19-/m1/s1. The van der Waals surface area contributed by atoms with E-state index in [1.165, 1.54) is 0 Å². The highest BCUT2D eigenvalue weighted by Gasteiger charge is 2.18. The van der Waals surface area contributed by atoms with Crippen molar-refractivity contribution >= 4 is 11.6 Å². The van der Waals surface area contributed by atoms with Gasteiger partial charge in [0.25, 0.3) is 5.91 Å². The van der Waals surface area contributed by atoms with Crippen molar-refractivity contribution in [1.29, 1.82) is 0 Å². The van der Waals surface area contributed by atoms with Gasteiger partial charge in [-0.2, -0.15) is 0 Å². The highest BCUT2D eigenvalue weighted by Crippen LogP contribution is 2.28. The van der Waals surface area contributed by atoms with E-state index in [9.17, 15) is 4.79 Å². The van der Waals surface area contributed by atoms with Crippen molar-refractivity contribution in [3.8, 4) is 17.2 Å². The molecule has 0 aliphatic carbocycles. The Labute approximate surface area is 172 Å². The van der Waals surface area contributed by atoms with Crippen LogP contribution in [0.25, 0.3) is 0 Å². The van der Waals surface area contributed by atoms with Crippen molar-refractivity contribution in [2.45, 2.75) is 39.7 Å². The summed E-state index contributed by atoms with van der Waals surface area (Å²) < 4.78 is 11.8. The second-order valence-electron chi connectivity index (χ2n) is 7.38. The molecular weight excluding hydrogens is 362 g/mol. The first-order chi connectivity index (χ1) is 13.9. The number of para-hydroxylation sites is 1. The first-order valence-electron chi connectivity index (χ1n) is 9.83. The van der Waals surface area contributed by atoms with Crippen LogP contribution in [-0.2, 0) is 4.79 Å². The summed E-state index contributed by atoms with van der Waals surface area (Å²) in [6, 6.07) is 23.0. The number of hydrogen-bond donors (Lipinski definition) is 1. The monoisotopic (exact) mass is 389 g/mol. The Balaban J connectivity index is 1.62. The molecule has 0 radical (unpaired) electrons. The number of hydrogen-bond acceptors (Lipinski definition) is 3. The van der Waals surface area contributed by atoms with Gasteiger partial charge in [0, 0.05) is 5.69 Å². The van der Waals surface area contributed by atoms with Gasteiger partial charge >= 0.3 is 0 Å². The van der Waals surface area contributed by atoms with E-state index in [0.717, 1.165) is 22.6 Å². The van der Waals surface area contributed by atoms with Gasteiger partial charge in [0.1, 0.15) is 17.2 Å². The van der Waals surface area contributed by atoms with Crippen LogP contribution < -0.4 is 14.8 Å². The average Bonchev–Trinajstić information content (AvgIpc) is 2.70. The minimum absolute atomic E-state index is 0.196. The molecule has 0 aromatic heterocycles. The van der Waals surface area contributed by atoms with E-state index in [1.807, 2.05) is 67.6 Å². The van der Waals surface area contributed by atoms with Gasteiger partial charge in [-0.3, -0.25) is 4.79 Å². The fourth-order valence-corrected chi connectivity index (χ4v) is 2.94. The molecule has 3 aromatic rings. The number of ether oxygens (including phenoxy) is 2. The van der Waals surface area contributed by atoms with Crippen molar-refractivity contribution < 1.29 is 14.3 Å². The maximum Gasteiger partial charge on any atom is 0.265 e. The number of nitrogens with one attached hydrogen (secondary N) is 1. The van der Waals surface area contributed by atoms with E-state index in [2.05, 4.69) is 31.3 Å². The number of aryl methyl sites for hydroxylation is 1. The Morgan fingerprint density at radius 3 is 2.17 bits per heavy atom. The summed E-state index contributed by atoms with van der Waals surface area (Å²) in [5.74, 6) is 2.36. The van der Waals surface area contributed by atoms with Gasteiger partial charge in [0.15, 0.2) is 6.10 Å². The van der Waals surface area contributed by atoms with E-state index < -0.39 is 6.10 Å². The van der Waals surface area contributed by atoms with Gasteiger partial charge in [-0.15, -0.1) is 0 Å². The van der Waals surface area contributed by atoms with Gasteiger partial charge in [0.2, 0.25) is 0 Å². The van der Waals surface area contributed by atoms with Crippen LogP contribution in [0.3, 0.4) is 0 Å². The molecule has 0 saturated heterocycles. The zero-order valence-electron chi connectivity index (χ0n) is 17.3. The molecule has 1 N–H and O–H groups in total. The van der Waals surface area contributed by atoms with E-state index in [-0.39, 0.29) is 5.91 Å². The lowest BCUT2D eigenvalue weighted by Crippen LogP contribution is -2.30. The van der Waals surface area contributed by atoms with Crippen LogP contribution in [0.15, 0.2) is 72.8 Å². The summed E-state index contributed by atoms with van der Waals surface area (Å²) in [5, 5.41) is 2.90. The third-order valence-corrected chi connectivity index (χ3v) is 4.56. The van der Waals surface area contributed by atoms with Crippen molar-refractivity contribution in [1.82, 2.24) is 0 Å². The molecule has 1 amide bonds. The highest BCUT2D eigenvalue weighted by molar-refractivity contribution is 5.94. The molecule has 150 valence electrons. The third kappa shape index (κ3) is 5.61. The average molecular weight is 389 g/mol. The Morgan fingerprint density at radius 2 is 1.52 bits per heavy atom. The van der Waals surface area contributed by atoms with Crippen LogP contribution in [-0.4, -0.2) is 12.0 Å². The predicted octanol–water partition coefficient (Wildman–Crippen LogP) is 6.32. The second-order valence-corrected chi connectivity index (χ2v) is 7.38. The molecule has 29 heavy (non-hydrogen) atoms. The molecule has 0 aliphatic heterocycles. The molecule has 4 heteroatoms. The highest BCUT2D eigenvalue weighted by atomic mass is 16.5. The molecule has 0 unspecified atom stereocenters. The fraction of sp³-hybridized carbons (Fsp3) is 0.240. The Morgan fingerprint density at radius 1 is 0.862 bits per heavy atom. The molecule has 0 fully saturated rings. The number of rotatable bonds is 7. The molecule has 0 aliphatic rings. The van der Waals surface area contributed by atoms with Gasteiger partial charge in [-0.1, -0.05) is 44.2 Å². The van der Waals surface area contributed by atoms with Crippen molar-refractivity contribution in [2.24, 2.45) is 0 Å². The number of carbonyl (C=O) groups is 1. The number of amides is 1. The Bertz CT molecular complexity index is 950. The first-order valence-corrected chi connectivity index (χ1v) is 9.83. The number of anilines is 1. The van der Waals surface area contributed by atoms with Crippen molar-refractivity contribution in [2.75, 3.05) is 5.32 Å². The lowest BCUT2D eigenvalue weighted by Gasteiger charge is -2.19. The first kappa shape index (κ1) is 20.5. The maximum atomic E-state index is 12.6. The van der Waals surface area contributed by atoms with Crippen LogP contribution in [0.2, 0.25) is 0 Å². The zero-order chi connectivity index (χ0) is 20.8. The third-order valence-electron chi connectivity index (χ3n) is 4.56. The van der Waals surface area contributed by atoms with Gasteiger partial charge in [-0.05, 0) is 73.4 Å². The molecule has 0 bridgehead atoms. The normalized spacial score (nSPS) is 11.8. The summed E-state index contributed by atoms with van der Waals surface area (Å²) in [4.78, 5) is 12.6. The lowest BCUT2D eigenvalue weighted by molar-refractivity contribution is -0.122. The minimum Gasteiger partial charge on any atom is -0.481 e. The molecule has 3 rings (SSSR count). The van der Waals surface area contributed by atoms with E-state index in [4.69, 9.17) is 9.47 Å². The molecule has 3 aromatic carbocycles. The largest absolute Gasteiger partial charge is 0.481 e. The molecule has 1 atom stereocenters. The molecule has 0 heterocycles. The predicted molar refractivity (Wildman–Crippen MR) is 117 cm³/mol. The lowest BCUT2D eigenvalue weighted by atomic mass is 10.0.